The fraction of sp³-hybridized carbons (Fsp3) is 0.600. The summed E-state index contributed by atoms with van der Waals surface area (Å²) in [6, 6.07) is -0.0170. The molecule has 0 amide bonds. The van der Waals surface area contributed by atoms with E-state index in [1.807, 2.05) is 26.0 Å². The molecule has 0 spiro atoms. The molecule has 0 aromatic carbocycles. The number of allylic oxidation sites excluding steroid dienone is 4. The predicted octanol–water partition coefficient (Wildman–Crippen LogP) is 2.75. The van der Waals surface area contributed by atoms with E-state index in [1.165, 1.54) is 0 Å². The Bertz CT molecular complexity index is 311. The third-order valence-electron chi connectivity index (χ3n) is 2.34. The molecule has 0 saturated heterocycles. The molecule has 0 bridgehead atoms. The Morgan fingerprint density at radius 2 is 2.06 bits per heavy atom. The second kappa shape index (κ2) is 8.11. The van der Waals surface area contributed by atoms with Gasteiger partial charge in [0.1, 0.15) is 12.4 Å². The van der Waals surface area contributed by atoms with Crippen LogP contribution in [0.5, 0.6) is 0 Å². The molecule has 0 heterocycles. The van der Waals surface area contributed by atoms with Gasteiger partial charge in [0, 0.05) is 12.1 Å². The van der Waals surface area contributed by atoms with Gasteiger partial charge in [0.2, 0.25) is 0 Å². The molecule has 0 rings (SSSR count). The Balaban J connectivity index is 4.11. The van der Waals surface area contributed by atoms with Crippen LogP contribution >= 0.6 is 0 Å². The van der Waals surface area contributed by atoms with Gasteiger partial charge in [-0.15, -0.1) is 0 Å². The molecule has 0 saturated carbocycles. The summed E-state index contributed by atoms with van der Waals surface area (Å²) in [5.74, 6) is 0.832. The molecule has 3 nitrogen and oxygen atoms in total. The topological polar surface area (TPSA) is 47.3 Å². The molecule has 0 aromatic rings. The van der Waals surface area contributed by atoms with Crippen LogP contribution in [-0.2, 0) is 4.74 Å². The van der Waals surface area contributed by atoms with Crippen molar-refractivity contribution in [3.8, 4) is 0 Å². The van der Waals surface area contributed by atoms with Crippen molar-refractivity contribution >= 4 is 0 Å². The maximum atomic E-state index is 5.99. The lowest BCUT2D eigenvalue weighted by molar-refractivity contribution is 0.197. The summed E-state index contributed by atoms with van der Waals surface area (Å²) >= 11 is 0. The highest BCUT2D eigenvalue weighted by atomic mass is 16.5. The first kappa shape index (κ1) is 16.9. The lowest BCUT2D eigenvalue weighted by atomic mass is 10.1. The van der Waals surface area contributed by atoms with E-state index in [-0.39, 0.29) is 11.6 Å². The maximum absolute atomic E-state index is 5.99. The van der Waals surface area contributed by atoms with Crippen LogP contribution in [-0.4, -0.2) is 24.7 Å². The largest absolute Gasteiger partial charge is 0.492 e. The lowest BCUT2D eigenvalue weighted by Crippen LogP contribution is -2.45. The van der Waals surface area contributed by atoms with E-state index in [4.69, 9.17) is 10.5 Å². The predicted molar refractivity (Wildman–Crippen MR) is 79.4 cm³/mol. The number of nitrogens with two attached hydrogens (primary N) is 1. The first-order chi connectivity index (χ1) is 8.28. The molecule has 1 unspecified atom stereocenters. The van der Waals surface area contributed by atoms with Crippen molar-refractivity contribution in [2.45, 2.75) is 46.2 Å². The van der Waals surface area contributed by atoms with Crippen LogP contribution in [0.25, 0.3) is 0 Å². The Morgan fingerprint density at radius 1 is 1.44 bits per heavy atom. The van der Waals surface area contributed by atoms with Crippen molar-refractivity contribution in [3.05, 3.63) is 36.1 Å². The van der Waals surface area contributed by atoms with Crippen LogP contribution in [0.1, 0.15) is 34.6 Å². The minimum Gasteiger partial charge on any atom is -0.492 e. The van der Waals surface area contributed by atoms with Gasteiger partial charge >= 0.3 is 0 Å². The SMILES string of the molecule is C=C/C(C)=C\C(=C/C)OCC(N)CNC(C)(C)C. The summed E-state index contributed by atoms with van der Waals surface area (Å²) in [4.78, 5) is 0. The monoisotopic (exact) mass is 252 g/mol. The second-order valence-electron chi connectivity index (χ2n) is 5.49. The zero-order valence-electron chi connectivity index (χ0n) is 12.4. The fourth-order valence-corrected chi connectivity index (χ4v) is 1.19. The molecule has 3 N–H and O–H groups in total. The van der Waals surface area contributed by atoms with Gasteiger partial charge in [-0.3, -0.25) is 0 Å². The van der Waals surface area contributed by atoms with E-state index >= 15 is 0 Å². The van der Waals surface area contributed by atoms with Gasteiger partial charge in [-0.2, -0.15) is 0 Å². The average molecular weight is 252 g/mol. The zero-order chi connectivity index (χ0) is 14.2. The molecular weight excluding hydrogens is 224 g/mol. The fourth-order valence-electron chi connectivity index (χ4n) is 1.19. The third-order valence-corrected chi connectivity index (χ3v) is 2.34. The van der Waals surface area contributed by atoms with Crippen molar-refractivity contribution in [1.82, 2.24) is 5.32 Å². The minimum atomic E-state index is -0.0170. The molecule has 1 atom stereocenters. The molecule has 0 aliphatic rings. The smallest absolute Gasteiger partial charge is 0.115 e. The van der Waals surface area contributed by atoms with E-state index in [0.717, 1.165) is 17.9 Å². The van der Waals surface area contributed by atoms with Crippen molar-refractivity contribution < 1.29 is 4.74 Å². The molecular formula is C15H28N2O. The van der Waals surface area contributed by atoms with Gasteiger partial charge in [-0.1, -0.05) is 12.7 Å². The summed E-state index contributed by atoms with van der Waals surface area (Å²) in [6.45, 7) is 15.2. The Morgan fingerprint density at radius 3 is 2.50 bits per heavy atom. The Kier molecular flexibility index (Phi) is 7.64. The summed E-state index contributed by atoms with van der Waals surface area (Å²) in [5, 5.41) is 3.36. The number of ether oxygens (including phenoxy) is 1. The summed E-state index contributed by atoms with van der Waals surface area (Å²) < 4.78 is 5.66. The van der Waals surface area contributed by atoms with Gasteiger partial charge < -0.3 is 15.8 Å². The molecule has 0 aliphatic heterocycles. The lowest BCUT2D eigenvalue weighted by Gasteiger charge is -2.23. The first-order valence-electron chi connectivity index (χ1n) is 6.39. The van der Waals surface area contributed by atoms with Crippen LogP contribution in [0, 0.1) is 0 Å². The van der Waals surface area contributed by atoms with Crippen LogP contribution in [0.4, 0.5) is 0 Å². The molecule has 0 aromatic heterocycles. The highest BCUT2D eigenvalue weighted by molar-refractivity contribution is 5.23. The summed E-state index contributed by atoms with van der Waals surface area (Å²) in [6.07, 6.45) is 5.68. The standard InChI is InChI=1S/C15H28N2O/c1-7-12(3)9-14(8-2)18-11-13(16)10-17-15(4,5)6/h7-9,13,17H,1,10-11,16H2,2-6H3/b12-9-,14-8+. The number of rotatable bonds is 7. The van der Waals surface area contributed by atoms with Gasteiger partial charge in [0.05, 0.1) is 6.04 Å². The average Bonchev–Trinajstić information content (AvgIpc) is 2.30. The minimum absolute atomic E-state index is 0.0170. The van der Waals surface area contributed by atoms with Gasteiger partial charge in [0.15, 0.2) is 0 Å². The molecule has 0 fully saturated rings. The highest BCUT2D eigenvalue weighted by Crippen LogP contribution is 2.06. The summed E-state index contributed by atoms with van der Waals surface area (Å²) in [7, 11) is 0. The van der Waals surface area contributed by atoms with E-state index in [9.17, 15) is 0 Å². The van der Waals surface area contributed by atoms with Gasteiger partial charge in [-0.05, 0) is 52.3 Å². The molecule has 18 heavy (non-hydrogen) atoms. The van der Waals surface area contributed by atoms with Crippen molar-refractivity contribution in [2.75, 3.05) is 13.2 Å². The van der Waals surface area contributed by atoms with E-state index in [2.05, 4.69) is 32.7 Å². The normalized spacial score (nSPS) is 15.4. The second-order valence-corrected chi connectivity index (χ2v) is 5.49. The van der Waals surface area contributed by atoms with Crippen molar-refractivity contribution in [2.24, 2.45) is 5.73 Å². The Hall–Kier alpha value is -1.06. The zero-order valence-corrected chi connectivity index (χ0v) is 12.4. The Labute approximate surface area is 112 Å². The highest BCUT2D eigenvalue weighted by Gasteiger charge is 2.11. The van der Waals surface area contributed by atoms with Crippen LogP contribution in [0.3, 0.4) is 0 Å². The van der Waals surface area contributed by atoms with Crippen LogP contribution in [0.15, 0.2) is 36.1 Å². The first-order valence-corrected chi connectivity index (χ1v) is 6.39. The quantitative estimate of drug-likeness (QED) is 0.541. The molecule has 104 valence electrons. The van der Waals surface area contributed by atoms with E-state index < -0.39 is 0 Å². The van der Waals surface area contributed by atoms with Crippen LogP contribution < -0.4 is 11.1 Å². The molecule has 3 heteroatoms. The molecule has 0 aliphatic carbocycles. The van der Waals surface area contributed by atoms with E-state index in [0.29, 0.717) is 6.61 Å². The van der Waals surface area contributed by atoms with E-state index in [1.54, 1.807) is 6.08 Å². The van der Waals surface area contributed by atoms with Crippen molar-refractivity contribution in [1.29, 1.82) is 0 Å². The maximum Gasteiger partial charge on any atom is 0.115 e. The molecule has 0 radical (unpaired) electrons. The van der Waals surface area contributed by atoms with Crippen molar-refractivity contribution in [3.63, 3.8) is 0 Å². The third kappa shape index (κ3) is 9.02. The van der Waals surface area contributed by atoms with Crippen LogP contribution in [0.2, 0.25) is 0 Å². The number of nitrogens with one attached hydrogen (secondary N) is 1. The van der Waals surface area contributed by atoms with Gasteiger partial charge in [-0.25, -0.2) is 0 Å². The number of hydrogen-bond acceptors (Lipinski definition) is 3. The summed E-state index contributed by atoms with van der Waals surface area (Å²) in [5.41, 5.74) is 7.15. The number of hydrogen-bond donors (Lipinski definition) is 2. The van der Waals surface area contributed by atoms with Gasteiger partial charge in [0.25, 0.3) is 0 Å².